The molecule has 1 atom stereocenters. The molecule has 2 heterocycles. The third-order valence-corrected chi connectivity index (χ3v) is 6.82. The molecule has 1 spiro atoms. The summed E-state index contributed by atoms with van der Waals surface area (Å²) in [5.74, 6) is 0.0889. The Bertz CT molecular complexity index is 747. The molecule has 1 unspecified atom stereocenters. The van der Waals surface area contributed by atoms with E-state index in [-0.39, 0.29) is 29.2 Å². The fourth-order valence-electron chi connectivity index (χ4n) is 5.35. The monoisotopic (exact) mass is 403 g/mol. The molecule has 3 rings (SSSR count). The molecule has 1 aliphatic heterocycles. The van der Waals surface area contributed by atoms with Gasteiger partial charge in [0.2, 0.25) is 5.91 Å². The van der Waals surface area contributed by atoms with E-state index in [1.165, 1.54) is 0 Å². The first-order chi connectivity index (χ1) is 13.8. The molecule has 6 nitrogen and oxygen atoms in total. The van der Waals surface area contributed by atoms with Gasteiger partial charge in [-0.1, -0.05) is 12.8 Å². The molecular weight excluding hydrogens is 366 g/mol. The molecule has 0 aromatic carbocycles. The molecule has 6 heteroatoms. The quantitative estimate of drug-likeness (QED) is 0.711. The van der Waals surface area contributed by atoms with Crippen LogP contribution >= 0.6 is 0 Å². The first-order valence-electron chi connectivity index (χ1n) is 11.0. The molecule has 1 aromatic heterocycles. The maximum absolute atomic E-state index is 13.4. The summed E-state index contributed by atoms with van der Waals surface area (Å²) in [6.07, 6.45) is 5.32. The van der Waals surface area contributed by atoms with Gasteiger partial charge in [-0.15, -0.1) is 0 Å². The van der Waals surface area contributed by atoms with E-state index in [2.05, 4.69) is 16.8 Å². The van der Waals surface area contributed by atoms with Crippen LogP contribution in [0.5, 0.6) is 0 Å². The first kappa shape index (κ1) is 21.9. The second kappa shape index (κ2) is 8.90. The van der Waals surface area contributed by atoms with Crippen molar-refractivity contribution in [2.45, 2.75) is 72.4 Å². The minimum atomic E-state index is -0.0958. The zero-order valence-corrected chi connectivity index (χ0v) is 18.7. The van der Waals surface area contributed by atoms with Gasteiger partial charge in [-0.3, -0.25) is 9.59 Å². The Morgan fingerprint density at radius 2 is 1.97 bits per heavy atom. The second-order valence-corrected chi connectivity index (χ2v) is 9.25. The molecule has 2 fully saturated rings. The fourth-order valence-corrected chi connectivity index (χ4v) is 5.35. The Hall–Kier alpha value is -1.82. The number of nitrogens with one attached hydrogen (secondary N) is 1. The summed E-state index contributed by atoms with van der Waals surface area (Å²) in [6.45, 7) is 10.9. The minimum absolute atomic E-state index is 0.0430. The SMILES string of the molecule is COCCCn1c(C)cc(C(=O)N2CC(C(=O)NC(C)C)C3(CCCC3)C2)c1C. The van der Waals surface area contributed by atoms with Gasteiger partial charge in [-0.25, -0.2) is 0 Å². The van der Waals surface area contributed by atoms with Crippen molar-refractivity contribution < 1.29 is 14.3 Å². The molecule has 29 heavy (non-hydrogen) atoms. The molecule has 1 N–H and O–H groups in total. The lowest BCUT2D eigenvalue weighted by Gasteiger charge is -2.29. The lowest BCUT2D eigenvalue weighted by molar-refractivity contribution is -0.128. The van der Waals surface area contributed by atoms with E-state index in [0.29, 0.717) is 19.7 Å². The second-order valence-electron chi connectivity index (χ2n) is 9.25. The summed E-state index contributed by atoms with van der Waals surface area (Å²) >= 11 is 0. The number of aromatic nitrogens is 1. The van der Waals surface area contributed by atoms with Gasteiger partial charge in [0, 0.05) is 56.2 Å². The van der Waals surface area contributed by atoms with Crippen molar-refractivity contribution in [2.75, 3.05) is 26.8 Å². The first-order valence-corrected chi connectivity index (χ1v) is 11.0. The van der Waals surface area contributed by atoms with Crippen LogP contribution in [-0.2, 0) is 16.1 Å². The molecule has 0 bridgehead atoms. The Balaban J connectivity index is 1.79. The summed E-state index contributed by atoms with van der Waals surface area (Å²) < 4.78 is 7.37. The number of ether oxygens (including phenoxy) is 1. The maximum Gasteiger partial charge on any atom is 0.255 e. The van der Waals surface area contributed by atoms with Crippen molar-refractivity contribution in [2.24, 2.45) is 11.3 Å². The number of rotatable bonds is 7. The van der Waals surface area contributed by atoms with Crippen molar-refractivity contribution >= 4 is 11.8 Å². The lowest BCUT2D eigenvalue weighted by Crippen LogP contribution is -2.42. The van der Waals surface area contributed by atoms with Crippen molar-refractivity contribution in [3.8, 4) is 0 Å². The molecule has 1 saturated heterocycles. The molecule has 162 valence electrons. The van der Waals surface area contributed by atoms with Crippen LogP contribution in [0.2, 0.25) is 0 Å². The normalized spacial score (nSPS) is 20.8. The van der Waals surface area contributed by atoms with Crippen LogP contribution in [0.3, 0.4) is 0 Å². The van der Waals surface area contributed by atoms with Gasteiger partial charge in [0.05, 0.1) is 11.5 Å². The standard InChI is InChI=1S/C23H37N3O3/c1-16(2)24-21(27)20-14-25(15-23(20)9-6-7-10-23)22(28)19-13-17(3)26(18(19)4)11-8-12-29-5/h13,16,20H,6-12,14-15H2,1-5H3,(H,24,27). The number of likely N-dealkylation sites (tertiary alicyclic amines) is 1. The van der Waals surface area contributed by atoms with Gasteiger partial charge < -0.3 is 19.5 Å². The predicted molar refractivity (Wildman–Crippen MR) is 114 cm³/mol. The highest BCUT2D eigenvalue weighted by Crippen LogP contribution is 2.49. The van der Waals surface area contributed by atoms with E-state index in [4.69, 9.17) is 4.74 Å². The van der Waals surface area contributed by atoms with Gasteiger partial charge >= 0.3 is 0 Å². The average molecular weight is 404 g/mol. The highest BCUT2D eigenvalue weighted by Gasteiger charge is 2.52. The van der Waals surface area contributed by atoms with Gasteiger partial charge in [0.1, 0.15) is 0 Å². The molecule has 2 amide bonds. The summed E-state index contributed by atoms with van der Waals surface area (Å²) in [4.78, 5) is 28.3. The molecule has 2 aliphatic rings. The number of aryl methyl sites for hydroxylation is 1. The van der Waals surface area contributed by atoms with E-state index in [9.17, 15) is 9.59 Å². The molecule has 0 radical (unpaired) electrons. The third kappa shape index (κ3) is 4.37. The molecule has 1 saturated carbocycles. The lowest BCUT2D eigenvalue weighted by atomic mass is 9.76. The number of hydrogen-bond acceptors (Lipinski definition) is 3. The van der Waals surface area contributed by atoms with Crippen LogP contribution in [0.1, 0.15) is 67.7 Å². The summed E-state index contributed by atoms with van der Waals surface area (Å²) in [7, 11) is 1.71. The summed E-state index contributed by atoms with van der Waals surface area (Å²) in [5, 5.41) is 3.10. The Morgan fingerprint density at radius 1 is 1.28 bits per heavy atom. The van der Waals surface area contributed by atoms with E-state index in [0.717, 1.165) is 55.6 Å². The number of amides is 2. The summed E-state index contributed by atoms with van der Waals surface area (Å²) in [5.41, 5.74) is 2.85. The molecule has 1 aromatic rings. The van der Waals surface area contributed by atoms with E-state index < -0.39 is 0 Å². The van der Waals surface area contributed by atoms with Crippen molar-refractivity contribution in [3.63, 3.8) is 0 Å². The van der Waals surface area contributed by atoms with Crippen molar-refractivity contribution in [3.05, 3.63) is 23.0 Å². The average Bonchev–Trinajstić information content (AvgIpc) is 3.35. The van der Waals surface area contributed by atoms with Crippen LogP contribution in [0.4, 0.5) is 0 Å². The zero-order valence-electron chi connectivity index (χ0n) is 18.7. The van der Waals surface area contributed by atoms with E-state index >= 15 is 0 Å². The Labute approximate surface area is 175 Å². The number of nitrogens with zero attached hydrogens (tertiary/aromatic N) is 2. The number of carbonyl (C=O) groups is 2. The van der Waals surface area contributed by atoms with Crippen LogP contribution in [0, 0.1) is 25.2 Å². The van der Waals surface area contributed by atoms with Gasteiger partial charge in [0.25, 0.3) is 5.91 Å². The van der Waals surface area contributed by atoms with E-state index in [1.54, 1.807) is 7.11 Å². The number of methoxy groups -OCH3 is 1. The predicted octanol–water partition coefficient (Wildman–Crippen LogP) is 3.30. The molecular formula is C23H37N3O3. The van der Waals surface area contributed by atoms with Crippen LogP contribution in [0.15, 0.2) is 6.07 Å². The fraction of sp³-hybridized carbons (Fsp3) is 0.739. The van der Waals surface area contributed by atoms with Crippen LogP contribution < -0.4 is 5.32 Å². The topological polar surface area (TPSA) is 63.6 Å². The minimum Gasteiger partial charge on any atom is -0.385 e. The van der Waals surface area contributed by atoms with Gasteiger partial charge in [0.15, 0.2) is 0 Å². The Kier molecular flexibility index (Phi) is 6.72. The van der Waals surface area contributed by atoms with Crippen LogP contribution in [-0.4, -0.2) is 54.1 Å². The number of hydrogen-bond donors (Lipinski definition) is 1. The Morgan fingerprint density at radius 3 is 2.59 bits per heavy atom. The highest BCUT2D eigenvalue weighted by atomic mass is 16.5. The largest absolute Gasteiger partial charge is 0.385 e. The molecule has 1 aliphatic carbocycles. The van der Waals surface area contributed by atoms with Gasteiger partial charge in [-0.05, 0) is 53.0 Å². The third-order valence-electron chi connectivity index (χ3n) is 6.82. The highest BCUT2D eigenvalue weighted by molar-refractivity contribution is 5.96. The summed E-state index contributed by atoms with van der Waals surface area (Å²) in [6, 6.07) is 2.13. The van der Waals surface area contributed by atoms with Crippen molar-refractivity contribution in [1.82, 2.24) is 14.8 Å². The van der Waals surface area contributed by atoms with Crippen molar-refractivity contribution in [1.29, 1.82) is 0 Å². The maximum atomic E-state index is 13.4. The van der Waals surface area contributed by atoms with E-state index in [1.807, 2.05) is 31.7 Å². The number of carbonyl (C=O) groups excluding carboxylic acids is 2. The van der Waals surface area contributed by atoms with Crippen LogP contribution in [0.25, 0.3) is 0 Å². The smallest absolute Gasteiger partial charge is 0.255 e. The van der Waals surface area contributed by atoms with Gasteiger partial charge in [-0.2, -0.15) is 0 Å². The zero-order chi connectivity index (χ0) is 21.2.